The lowest BCUT2D eigenvalue weighted by molar-refractivity contribution is 0.103. The molecule has 3 aromatic rings. The van der Waals surface area contributed by atoms with Gasteiger partial charge in [0.25, 0.3) is 0 Å². The van der Waals surface area contributed by atoms with E-state index in [9.17, 15) is 4.79 Å². The molecule has 0 bridgehead atoms. The van der Waals surface area contributed by atoms with Gasteiger partial charge in [0.2, 0.25) is 0 Å². The lowest BCUT2D eigenvalue weighted by atomic mass is 10.0. The van der Waals surface area contributed by atoms with Crippen molar-refractivity contribution in [1.29, 1.82) is 0 Å². The number of halogens is 3. The fourth-order valence-electron chi connectivity index (χ4n) is 2.10. The third-order valence-corrected chi connectivity index (χ3v) is 4.71. The smallest absolute Gasteiger partial charge is 0.196 e. The number of carbonyl (C=O) groups excluding carboxylic acids is 1. The van der Waals surface area contributed by atoms with Gasteiger partial charge in [-0.05, 0) is 46.3 Å². The molecule has 2 aromatic carbocycles. The van der Waals surface area contributed by atoms with E-state index < -0.39 is 0 Å². The first kappa shape index (κ1) is 14.0. The van der Waals surface area contributed by atoms with E-state index in [-0.39, 0.29) is 5.78 Å². The van der Waals surface area contributed by atoms with Gasteiger partial charge < -0.3 is 4.98 Å². The topological polar surface area (TPSA) is 32.9 Å². The van der Waals surface area contributed by atoms with Gasteiger partial charge >= 0.3 is 0 Å². The van der Waals surface area contributed by atoms with Gasteiger partial charge in [0.15, 0.2) is 5.78 Å². The highest BCUT2D eigenvalue weighted by molar-refractivity contribution is 9.11. The van der Waals surface area contributed by atoms with Crippen molar-refractivity contribution in [2.45, 2.75) is 0 Å². The molecule has 0 aliphatic heterocycles. The van der Waals surface area contributed by atoms with Crippen LogP contribution in [0.5, 0.6) is 0 Å². The average molecular weight is 458 g/mol. The minimum Gasteiger partial charge on any atom is -0.360 e. The van der Waals surface area contributed by atoms with Crippen LogP contribution in [0, 0.1) is 0 Å². The Bertz CT molecular complexity index is 823. The maximum atomic E-state index is 12.7. The van der Waals surface area contributed by atoms with Gasteiger partial charge in [-0.25, -0.2) is 0 Å². The molecule has 5 heteroatoms. The Morgan fingerprint density at radius 1 is 0.900 bits per heavy atom. The van der Waals surface area contributed by atoms with E-state index >= 15 is 0 Å². The molecule has 0 saturated carbocycles. The normalized spacial score (nSPS) is 10.9. The Kier molecular flexibility index (Phi) is 3.84. The Morgan fingerprint density at radius 2 is 1.60 bits per heavy atom. The second-order valence-corrected chi connectivity index (χ2v) is 7.03. The Morgan fingerprint density at radius 3 is 2.35 bits per heavy atom. The van der Waals surface area contributed by atoms with Crippen molar-refractivity contribution < 1.29 is 4.79 Å². The Hall–Kier alpha value is -0.910. The Labute approximate surface area is 141 Å². The quantitative estimate of drug-likeness (QED) is 0.493. The predicted molar refractivity (Wildman–Crippen MR) is 91.3 cm³/mol. The highest BCUT2D eigenvalue weighted by Crippen LogP contribution is 2.28. The molecule has 0 amide bonds. The second kappa shape index (κ2) is 5.47. The van der Waals surface area contributed by atoms with Gasteiger partial charge in [-0.3, -0.25) is 4.79 Å². The van der Waals surface area contributed by atoms with Crippen LogP contribution in [0.3, 0.4) is 0 Å². The fraction of sp³-hybridized carbons (Fsp3) is 0. The molecule has 20 heavy (non-hydrogen) atoms. The summed E-state index contributed by atoms with van der Waals surface area (Å²) < 4.78 is 2.70. The highest BCUT2D eigenvalue weighted by Gasteiger charge is 2.16. The molecule has 0 aliphatic carbocycles. The minimum atomic E-state index is -0.00190. The molecule has 0 unspecified atom stereocenters. The molecule has 1 N–H and O–H groups in total. The van der Waals surface area contributed by atoms with E-state index in [0.29, 0.717) is 11.1 Å². The van der Waals surface area contributed by atoms with Gasteiger partial charge in [0.05, 0.1) is 0 Å². The van der Waals surface area contributed by atoms with Crippen molar-refractivity contribution in [2.75, 3.05) is 0 Å². The standard InChI is InChI=1S/C15H8Br3NO/c16-8-2-4-11(13(18)5-8)15(20)12-7-19-14-6-9(17)1-3-10(12)14/h1-7,19H. The number of ketones is 1. The number of nitrogens with one attached hydrogen (secondary N) is 1. The zero-order valence-electron chi connectivity index (χ0n) is 10.1. The van der Waals surface area contributed by atoms with Crippen LogP contribution in [0.25, 0.3) is 10.9 Å². The van der Waals surface area contributed by atoms with Gasteiger partial charge in [0.1, 0.15) is 0 Å². The van der Waals surface area contributed by atoms with Crippen LogP contribution in [0.2, 0.25) is 0 Å². The SMILES string of the molecule is O=C(c1ccc(Br)cc1Br)c1c[nH]c2cc(Br)ccc12. The van der Waals surface area contributed by atoms with Gasteiger partial charge in [0, 0.05) is 41.6 Å². The summed E-state index contributed by atoms with van der Waals surface area (Å²) in [5.74, 6) is -0.00190. The first-order valence-corrected chi connectivity index (χ1v) is 8.20. The van der Waals surface area contributed by atoms with E-state index in [4.69, 9.17) is 0 Å². The summed E-state index contributed by atoms with van der Waals surface area (Å²) in [4.78, 5) is 15.8. The third kappa shape index (κ3) is 2.50. The summed E-state index contributed by atoms with van der Waals surface area (Å²) in [6.07, 6.45) is 1.76. The zero-order chi connectivity index (χ0) is 14.3. The Balaban J connectivity index is 2.13. The van der Waals surface area contributed by atoms with E-state index in [1.165, 1.54) is 0 Å². The molecule has 0 atom stereocenters. The fourth-order valence-corrected chi connectivity index (χ4v) is 3.69. The summed E-state index contributed by atoms with van der Waals surface area (Å²) in [6, 6.07) is 11.4. The van der Waals surface area contributed by atoms with Gasteiger partial charge in [-0.1, -0.05) is 37.9 Å². The molecule has 0 spiro atoms. The van der Waals surface area contributed by atoms with Crippen LogP contribution in [-0.2, 0) is 0 Å². The molecule has 0 aliphatic rings. The van der Waals surface area contributed by atoms with Crippen molar-refractivity contribution in [3.05, 3.63) is 67.1 Å². The van der Waals surface area contributed by atoms with Crippen LogP contribution in [-0.4, -0.2) is 10.8 Å². The summed E-state index contributed by atoms with van der Waals surface area (Å²) in [5, 5.41) is 0.924. The monoisotopic (exact) mass is 455 g/mol. The van der Waals surface area contributed by atoms with Crippen molar-refractivity contribution >= 4 is 64.5 Å². The predicted octanol–water partition coefficient (Wildman–Crippen LogP) is 5.69. The molecule has 1 aromatic heterocycles. The maximum absolute atomic E-state index is 12.7. The van der Waals surface area contributed by atoms with Gasteiger partial charge in [-0.2, -0.15) is 0 Å². The van der Waals surface area contributed by atoms with E-state index in [2.05, 4.69) is 52.8 Å². The molecule has 2 nitrogen and oxygen atoms in total. The minimum absolute atomic E-state index is 0.00190. The molecule has 0 saturated heterocycles. The first-order chi connectivity index (χ1) is 9.56. The van der Waals surface area contributed by atoms with Crippen molar-refractivity contribution in [3.63, 3.8) is 0 Å². The molecule has 0 radical (unpaired) electrons. The molecule has 3 rings (SSSR count). The van der Waals surface area contributed by atoms with Crippen LogP contribution in [0.15, 0.2) is 56.0 Å². The van der Waals surface area contributed by atoms with Crippen molar-refractivity contribution in [1.82, 2.24) is 4.98 Å². The number of benzene rings is 2. The van der Waals surface area contributed by atoms with Crippen molar-refractivity contribution in [3.8, 4) is 0 Å². The molecule has 1 heterocycles. The lowest BCUT2D eigenvalue weighted by Crippen LogP contribution is -2.01. The van der Waals surface area contributed by atoms with E-state index in [1.54, 1.807) is 6.20 Å². The number of rotatable bonds is 2. The zero-order valence-corrected chi connectivity index (χ0v) is 14.8. The third-order valence-electron chi connectivity index (χ3n) is 3.06. The molecule has 100 valence electrons. The summed E-state index contributed by atoms with van der Waals surface area (Å²) in [5.41, 5.74) is 2.27. The highest BCUT2D eigenvalue weighted by atomic mass is 79.9. The number of aromatic amines is 1. The van der Waals surface area contributed by atoms with Crippen LogP contribution in [0.1, 0.15) is 15.9 Å². The second-order valence-electron chi connectivity index (χ2n) is 4.35. The van der Waals surface area contributed by atoms with E-state index in [0.717, 1.165) is 24.3 Å². The number of carbonyl (C=O) groups is 1. The van der Waals surface area contributed by atoms with E-state index in [1.807, 2.05) is 36.4 Å². The number of hydrogen-bond donors (Lipinski definition) is 1. The number of H-pyrrole nitrogens is 1. The first-order valence-electron chi connectivity index (χ1n) is 5.82. The van der Waals surface area contributed by atoms with Crippen molar-refractivity contribution in [2.24, 2.45) is 0 Å². The molecular weight excluding hydrogens is 450 g/mol. The van der Waals surface area contributed by atoms with Crippen LogP contribution >= 0.6 is 47.8 Å². The van der Waals surface area contributed by atoms with Crippen LogP contribution in [0.4, 0.5) is 0 Å². The largest absolute Gasteiger partial charge is 0.360 e. The van der Waals surface area contributed by atoms with Crippen LogP contribution < -0.4 is 0 Å². The number of hydrogen-bond acceptors (Lipinski definition) is 1. The summed E-state index contributed by atoms with van der Waals surface area (Å²) in [6.45, 7) is 0. The van der Waals surface area contributed by atoms with Gasteiger partial charge in [-0.15, -0.1) is 0 Å². The summed E-state index contributed by atoms with van der Waals surface area (Å²) in [7, 11) is 0. The number of aromatic nitrogens is 1. The average Bonchev–Trinajstić information content (AvgIpc) is 2.80. The number of fused-ring (bicyclic) bond motifs is 1. The molecular formula is C15H8Br3NO. The molecule has 0 fully saturated rings. The maximum Gasteiger partial charge on any atom is 0.196 e. The lowest BCUT2D eigenvalue weighted by Gasteiger charge is -2.03. The summed E-state index contributed by atoms with van der Waals surface area (Å²) >= 11 is 10.3.